The van der Waals surface area contributed by atoms with E-state index in [0.29, 0.717) is 23.3 Å². The second-order valence-electron chi connectivity index (χ2n) is 8.00. The SMILES string of the molecule is Cc1c(-c2c(C(N)=O)nc3cc(F)c(F)cc3c2C(N)=O)c(C(F)(F)F)nn1Cc1ccc(C#N)cc1. The molecule has 0 fully saturated rings. The van der Waals surface area contributed by atoms with Gasteiger partial charge in [-0.05, 0) is 30.7 Å². The molecule has 4 rings (SSSR count). The van der Waals surface area contributed by atoms with Gasteiger partial charge in [-0.2, -0.15) is 23.5 Å². The molecule has 0 saturated carbocycles. The first kappa shape index (κ1) is 25.2. The van der Waals surface area contributed by atoms with Crippen LogP contribution in [0.5, 0.6) is 0 Å². The first-order valence-corrected chi connectivity index (χ1v) is 10.4. The van der Waals surface area contributed by atoms with Crippen molar-refractivity contribution in [1.29, 1.82) is 5.26 Å². The van der Waals surface area contributed by atoms with Crippen molar-refractivity contribution in [3.8, 4) is 17.2 Å². The van der Waals surface area contributed by atoms with Crippen LogP contribution in [0.15, 0.2) is 36.4 Å². The topological polar surface area (TPSA) is 141 Å². The van der Waals surface area contributed by atoms with Gasteiger partial charge in [0.05, 0.1) is 29.3 Å². The summed E-state index contributed by atoms with van der Waals surface area (Å²) in [6.07, 6.45) is -5.08. The fraction of sp³-hybridized carbons (Fsp3) is 0.125. The number of amides is 2. The number of nitrogens with two attached hydrogens (primary N) is 2. The molecule has 0 unspecified atom stereocenters. The molecular formula is C24H15F5N6O2. The fourth-order valence-corrected chi connectivity index (χ4v) is 3.99. The van der Waals surface area contributed by atoms with Crippen molar-refractivity contribution in [2.75, 3.05) is 0 Å². The van der Waals surface area contributed by atoms with Gasteiger partial charge in [-0.3, -0.25) is 14.3 Å². The summed E-state index contributed by atoms with van der Waals surface area (Å²) in [6, 6.07) is 9.02. The lowest BCUT2D eigenvalue weighted by atomic mass is 9.92. The van der Waals surface area contributed by atoms with Crippen LogP contribution in [0, 0.1) is 29.9 Å². The van der Waals surface area contributed by atoms with Crippen LogP contribution in [-0.4, -0.2) is 26.6 Å². The molecule has 13 heteroatoms. The third kappa shape index (κ3) is 4.44. The molecule has 2 aromatic carbocycles. The number of primary amides is 2. The highest BCUT2D eigenvalue weighted by Gasteiger charge is 2.41. The molecule has 2 amide bonds. The minimum Gasteiger partial charge on any atom is -0.366 e. The lowest BCUT2D eigenvalue weighted by Crippen LogP contribution is -2.22. The van der Waals surface area contributed by atoms with Crippen LogP contribution < -0.4 is 11.5 Å². The normalized spacial score (nSPS) is 11.5. The summed E-state index contributed by atoms with van der Waals surface area (Å²) < 4.78 is 71.5. The van der Waals surface area contributed by atoms with Gasteiger partial charge in [0, 0.05) is 28.3 Å². The van der Waals surface area contributed by atoms with Crippen molar-refractivity contribution in [2.24, 2.45) is 11.5 Å². The van der Waals surface area contributed by atoms with E-state index in [-0.39, 0.29) is 12.2 Å². The minimum atomic E-state index is -5.08. The number of carbonyl (C=O) groups excluding carboxylic acids is 2. The standard InChI is InChI=1S/C24H15F5N6O2/c1-10-17(21(24(27,28)29)34-35(10)9-12-4-2-11(8-30)3-5-12)19-18(22(31)36)13-6-14(25)15(26)7-16(13)33-20(19)23(32)37/h2-7H,9H2,1H3,(H2,31,36)(H2,32,37). The van der Waals surface area contributed by atoms with E-state index < -0.39 is 68.6 Å². The molecule has 4 aromatic rings. The van der Waals surface area contributed by atoms with Gasteiger partial charge >= 0.3 is 6.18 Å². The van der Waals surface area contributed by atoms with Gasteiger partial charge in [0.15, 0.2) is 17.3 Å². The zero-order valence-electron chi connectivity index (χ0n) is 18.8. The van der Waals surface area contributed by atoms with Crippen LogP contribution in [0.2, 0.25) is 0 Å². The highest BCUT2D eigenvalue weighted by Crippen LogP contribution is 2.42. The third-order valence-electron chi connectivity index (χ3n) is 5.65. The highest BCUT2D eigenvalue weighted by molar-refractivity contribution is 6.15. The number of hydrogen-bond donors (Lipinski definition) is 2. The van der Waals surface area contributed by atoms with Crippen molar-refractivity contribution in [1.82, 2.24) is 14.8 Å². The number of nitrogens with zero attached hydrogens (tertiary/aromatic N) is 4. The number of halogens is 5. The van der Waals surface area contributed by atoms with Crippen molar-refractivity contribution >= 4 is 22.7 Å². The minimum absolute atomic E-state index is 0.148. The Labute approximate surface area is 204 Å². The van der Waals surface area contributed by atoms with Gasteiger partial charge in [-0.25, -0.2) is 13.8 Å². The monoisotopic (exact) mass is 514 g/mol. The molecule has 0 spiro atoms. The van der Waals surface area contributed by atoms with Crippen LogP contribution in [-0.2, 0) is 12.7 Å². The molecule has 2 aromatic heterocycles. The Morgan fingerprint density at radius 2 is 1.65 bits per heavy atom. The molecule has 2 heterocycles. The van der Waals surface area contributed by atoms with Gasteiger partial charge in [0.1, 0.15) is 5.69 Å². The smallest absolute Gasteiger partial charge is 0.366 e. The number of fused-ring (bicyclic) bond motifs is 1. The molecule has 4 N–H and O–H groups in total. The van der Waals surface area contributed by atoms with Crippen LogP contribution in [0.1, 0.15) is 43.4 Å². The number of pyridine rings is 1. The van der Waals surface area contributed by atoms with E-state index in [4.69, 9.17) is 16.7 Å². The number of alkyl halides is 3. The molecular weight excluding hydrogens is 499 g/mol. The lowest BCUT2D eigenvalue weighted by Gasteiger charge is -2.16. The van der Waals surface area contributed by atoms with Gasteiger partial charge in [-0.1, -0.05) is 12.1 Å². The Kier molecular flexibility index (Phi) is 6.12. The van der Waals surface area contributed by atoms with Gasteiger partial charge < -0.3 is 11.5 Å². The van der Waals surface area contributed by atoms with Crippen molar-refractivity contribution in [2.45, 2.75) is 19.6 Å². The Hall–Kier alpha value is -4.86. The first-order valence-electron chi connectivity index (χ1n) is 10.4. The number of benzene rings is 2. The van der Waals surface area contributed by atoms with Gasteiger partial charge in [0.25, 0.3) is 5.91 Å². The zero-order valence-corrected chi connectivity index (χ0v) is 18.8. The number of carbonyl (C=O) groups is 2. The quantitative estimate of drug-likeness (QED) is 0.390. The van der Waals surface area contributed by atoms with Gasteiger partial charge in [0.2, 0.25) is 5.91 Å². The average molecular weight is 514 g/mol. The van der Waals surface area contributed by atoms with Crippen LogP contribution >= 0.6 is 0 Å². The number of nitriles is 1. The number of aromatic nitrogens is 3. The van der Waals surface area contributed by atoms with E-state index >= 15 is 0 Å². The van der Waals surface area contributed by atoms with Crippen molar-refractivity contribution in [3.05, 3.63) is 81.8 Å². The maximum atomic E-state index is 14.2. The molecule has 8 nitrogen and oxygen atoms in total. The lowest BCUT2D eigenvalue weighted by molar-refractivity contribution is -0.141. The highest BCUT2D eigenvalue weighted by atomic mass is 19.4. The molecule has 0 aliphatic carbocycles. The molecule has 0 aliphatic rings. The van der Waals surface area contributed by atoms with Crippen LogP contribution in [0.25, 0.3) is 22.0 Å². The second kappa shape index (κ2) is 8.98. The Balaban J connectivity index is 2.09. The van der Waals surface area contributed by atoms with Crippen LogP contribution in [0.4, 0.5) is 22.0 Å². The zero-order chi connectivity index (χ0) is 27.2. The average Bonchev–Trinajstić information content (AvgIpc) is 3.15. The van der Waals surface area contributed by atoms with E-state index in [1.165, 1.54) is 31.2 Å². The number of rotatable bonds is 5. The third-order valence-corrected chi connectivity index (χ3v) is 5.65. The largest absolute Gasteiger partial charge is 0.435 e. The Bertz CT molecular complexity index is 1640. The Morgan fingerprint density at radius 3 is 2.19 bits per heavy atom. The first-order chi connectivity index (χ1) is 17.3. The van der Waals surface area contributed by atoms with E-state index in [2.05, 4.69) is 10.1 Å². The summed E-state index contributed by atoms with van der Waals surface area (Å²) in [6.45, 7) is 1.07. The molecule has 37 heavy (non-hydrogen) atoms. The van der Waals surface area contributed by atoms with E-state index in [1.807, 2.05) is 6.07 Å². The van der Waals surface area contributed by atoms with Gasteiger partial charge in [-0.15, -0.1) is 0 Å². The van der Waals surface area contributed by atoms with Crippen molar-refractivity contribution in [3.63, 3.8) is 0 Å². The van der Waals surface area contributed by atoms with Crippen molar-refractivity contribution < 1.29 is 31.5 Å². The molecule has 0 bridgehead atoms. The molecule has 0 aliphatic heterocycles. The summed E-state index contributed by atoms with van der Waals surface area (Å²) in [4.78, 5) is 28.7. The summed E-state index contributed by atoms with van der Waals surface area (Å²) in [5.41, 5.74) is 6.71. The molecule has 188 valence electrons. The predicted octanol–water partition coefficient (Wildman–Crippen LogP) is 3.82. The number of hydrogen-bond acceptors (Lipinski definition) is 5. The molecule has 0 atom stereocenters. The summed E-state index contributed by atoms with van der Waals surface area (Å²) in [5, 5.41) is 12.2. The molecule has 0 saturated heterocycles. The van der Waals surface area contributed by atoms with E-state index in [1.54, 1.807) is 0 Å². The summed E-state index contributed by atoms with van der Waals surface area (Å²) in [7, 11) is 0. The predicted molar refractivity (Wildman–Crippen MR) is 120 cm³/mol. The summed E-state index contributed by atoms with van der Waals surface area (Å²) in [5.74, 6) is -5.46. The second-order valence-corrected chi connectivity index (χ2v) is 8.00. The maximum absolute atomic E-state index is 14.2. The molecule has 0 radical (unpaired) electrons. The maximum Gasteiger partial charge on any atom is 0.435 e. The fourth-order valence-electron chi connectivity index (χ4n) is 3.99. The Morgan fingerprint density at radius 1 is 1.03 bits per heavy atom. The van der Waals surface area contributed by atoms with E-state index in [0.717, 1.165) is 4.68 Å². The van der Waals surface area contributed by atoms with E-state index in [9.17, 15) is 31.5 Å². The summed E-state index contributed by atoms with van der Waals surface area (Å²) >= 11 is 0. The van der Waals surface area contributed by atoms with Crippen LogP contribution in [0.3, 0.4) is 0 Å².